The second-order valence-corrected chi connectivity index (χ2v) is 4.72. The molecular weight excluding hydrogens is 162 g/mol. The largest absolute Gasteiger partial charge is 0.383 e. The third kappa shape index (κ3) is 1.77. The van der Waals surface area contributed by atoms with Crippen molar-refractivity contribution in [2.45, 2.75) is 32.1 Å². The van der Waals surface area contributed by atoms with E-state index in [1.807, 2.05) is 25.2 Å². The lowest BCUT2D eigenvalue weighted by atomic mass is 9.82. The maximum Gasteiger partial charge on any atom is 0.160 e. The molecular formula is C11H17NO. The minimum Gasteiger partial charge on any atom is -0.383 e. The Morgan fingerprint density at radius 3 is 2.54 bits per heavy atom. The molecule has 13 heavy (non-hydrogen) atoms. The zero-order valence-corrected chi connectivity index (χ0v) is 8.47. The van der Waals surface area contributed by atoms with Gasteiger partial charge in [0.2, 0.25) is 0 Å². The number of hydrogen-bond donors (Lipinski definition) is 0. The Balaban J connectivity index is 2.11. The average molecular weight is 179 g/mol. The van der Waals surface area contributed by atoms with Gasteiger partial charge in [0.05, 0.1) is 0 Å². The molecule has 2 nitrogen and oxygen atoms in total. The Morgan fingerprint density at radius 2 is 2.00 bits per heavy atom. The van der Waals surface area contributed by atoms with Gasteiger partial charge in [-0.1, -0.05) is 0 Å². The molecule has 0 aromatic rings. The SMILES string of the molecule is CN(C)/C=C1/CC2(CCC1=O)CC2. The Labute approximate surface area is 79.6 Å². The van der Waals surface area contributed by atoms with E-state index in [0.29, 0.717) is 11.2 Å². The fourth-order valence-corrected chi connectivity index (χ4v) is 2.16. The first-order valence-electron chi connectivity index (χ1n) is 5.02. The van der Waals surface area contributed by atoms with Crippen LogP contribution in [0.25, 0.3) is 0 Å². The van der Waals surface area contributed by atoms with Crippen LogP contribution in [0.4, 0.5) is 0 Å². The van der Waals surface area contributed by atoms with Crippen molar-refractivity contribution >= 4 is 5.78 Å². The molecule has 2 rings (SSSR count). The maximum atomic E-state index is 11.6. The molecule has 0 aromatic carbocycles. The predicted octanol–water partition coefficient (Wildman–Crippen LogP) is 1.97. The van der Waals surface area contributed by atoms with Crippen LogP contribution < -0.4 is 0 Å². The molecule has 2 aliphatic carbocycles. The Hall–Kier alpha value is -0.790. The van der Waals surface area contributed by atoms with Crippen molar-refractivity contribution in [2.75, 3.05) is 14.1 Å². The van der Waals surface area contributed by atoms with E-state index in [1.165, 1.54) is 12.8 Å². The molecule has 0 radical (unpaired) electrons. The molecule has 2 saturated carbocycles. The van der Waals surface area contributed by atoms with Crippen LogP contribution in [-0.2, 0) is 4.79 Å². The Morgan fingerprint density at radius 1 is 1.31 bits per heavy atom. The summed E-state index contributed by atoms with van der Waals surface area (Å²) >= 11 is 0. The third-order valence-corrected chi connectivity index (χ3v) is 3.18. The standard InChI is InChI=1S/C11H17NO/c1-12(2)8-9-7-11(5-6-11)4-3-10(9)13/h8H,3-7H2,1-2H3/b9-8-. The monoisotopic (exact) mass is 179 g/mol. The molecule has 2 aliphatic rings. The van der Waals surface area contributed by atoms with Gasteiger partial charge in [0.15, 0.2) is 5.78 Å². The highest BCUT2D eigenvalue weighted by molar-refractivity contribution is 5.96. The number of carbonyl (C=O) groups is 1. The number of Topliss-reactive ketones (excluding diaryl/α,β-unsaturated/α-hetero) is 1. The average Bonchev–Trinajstić information content (AvgIpc) is 2.78. The summed E-state index contributed by atoms with van der Waals surface area (Å²) in [6.45, 7) is 0. The van der Waals surface area contributed by atoms with Gasteiger partial charge in [0.1, 0.15) is 0 Å². The summed E-state index contributed by atoms with van der Waals surface area (Å²) in [5.41, 5.74) is 1.60. The van der Waals surface area contributed by atoms with E-state index < -0.39 is 0 Å². The van der Waals surface area contributed by atoms with Crippen LogP contribution >= 0.6 is 0 Å². The third-order valence-electron chi connectivity index (χ3n) is 3.18. The number of hydrogen-bond acceptors (Lipinski definition) is 2. The van der Waals surface area contributed by atoms with Crippen LogP contribution in [0.3, 0.4) is 0 Å². The number of rotatable bonds is 1. The summed E-state index contributed by atoms with van der Waals surface area (Å²) in [5, 5.41) is 0. The van der Waals surface area contributed by atoms with Gasteiger partial charge in [-0.15, -0.1) is 0 Å². The van der Waals surface area contributed by atoms with Gasteiger partial charge in [0.25, 0.3) is 0 Å². The van der Waals surface area contributed by atoms with Crippen LogP contribution in [0.5, 0.6) is 0 Å². The van der Waals surface area contributed by atoms with E-state index in [1.54, 1.807) is 0 Å². The zero-order chi connectivity index (χ0) is 9.47. The van der Waals surface area contributed by atoms with Crippen molar-refractivity contribution in [1.82, 2.24) is 4.90 Å². The summed E-state index contributed by atoms with van der Waals surface area (Å²) in [7, 11) is 3.96. The number of ketones is 1. The molecule has 0 amide bonds. The first kappa shape index (κ1) is 8.79. The topological polar surface area (TPSA) is 20.3 Å². The van der Waals surface area contributed by atoms with E-state index in [0.717, 1.165) is 24.8 Å². The molecule has 2 heteroatoms. The van der Waals surface area contributed by atoms with Gasteiger partial charge in [-0.05, 0) is 31.1 Å². The van der Waals surface area contributed by atoms with Crippen LogP contribution in [0.15, 0.2) is 11.8 Å². The molecule has 0 bridgehead atoms. The molecule has 1 spiro atoms. The second-order valence-electron chi connectivity index (χ2n) is 4.72. The Bertz CT molecular complexity index is 261. The molecule has 72 valence electrons. The summed E-state index contributed by atoms with van der Waals surface area (Å²) < 4.78 is 0. The van der Waals surface area contributed by atoms with Crippen LogP contribution in [0, 0.1) is 5.41 Å². The smallest absolute Gasteiger partial charge is 0.160 e. The van der Waals surface area contributed by atoms with E-state index in [9.17, 15) is 4.79 Å². The van der Waals surface area contributed by atoms with Gasteiger partial charge >= 0.3 is 0 Å². The predicted molar refractivity (Wildman–Crippen MR) is 52.3 cm³/mol. The highest BCUT2D eigenvalue weighted by Crippen LogP contribution is 2.56. The van der Waals surface area contributed by atoms with Crippen molar-refractivity contribution < 1.29 is 4.79 Å². The fourth-order valence-electron chi connectivity index (χ4n) is 2.16. The van der Waals surface area contributed by atoms with Gasteiger partial charge in [-0.2, -0.15) is 0 Å². The molecule has 0 aromatic heterocycles. The van der Waals surface area contributed by atoms with Gasteiger partial charge in [0, 0.05) is 32.3 Å². The lowest BCUT2D eigenvalue weighted by molar-refractivity contribution is -0.117. The number of nitrogens with zero attached hydrogens (tertiary/aromatic N) is 1. The summed E-state index contributed by atoms with van der Waals surface area (Å²) in [6, 6.07) is 0. The van der Waals surface area contributed by atoms with Crippen molar-refractivity contribution in [3.8, 4) is 0 Å². The molecule has 0 unspecified atom stereocenters. The van der Waals surface area contributed by atoms with Crippen molar-refractivity contribution in [2.24, 2.45) is 5.41 Å². The van der Waals surface area contributed by atoms with E-state index >= 15 is 0 Å². The Kier molecular flexibility index (Phi) is 1.94. The van der Waals surface area contributed by atoms with Crippen LogP contribution in [0.1, 0.15) is 32.1 Å². The van der Waals surface area contributed by atoms with E-state index in [-0.39, 0.29) is 0 Å². The zero-order valence-electron chi connectivity index (χ0n) is 8.47. The lowest BCUT2D eigenvalue weighted by Crippen LogP contribution is -2.19. The van der Waals surface area contributed by atoms with Crippen molar-refractivity contribution in [3.05, 3.63) is 11.8 Å². The molecule has 0 N–H and O–H groups in total. The van der Waals surface area contributed by atoms with E-state index in [4.69, 9.17) is 0 Å². The first-order valence-corrected chi connectivity index (χ1v) is 5.02. The van der Waals surface area contributed by atoms with E-state index in [2.05, 4.69) is 0 Å². The molecule has 0 heterocycles. The normalized spacial score (nSPS) is 28.2. The fraction of sp³-hybridized carbons (Fsp3) is 0.727. The van der Waals surface area contributed by atoms with Gasteiger partial charge < -0.3 is 4.90 Å². The summed E-state index contributed by atoms with van der Waals surface area (Å²) in [4.78, 5) is 13.5. The van der Waals surface area contributed by atoms with Gasteiger partial charge in [-0.3, -0.25) is 4.79 Å². The highest BCUT2D eigenvalue weighted by Gasteiger charge is 2.46. The summed E-state index contributed by atoms with van der Waals surface area (Å²) in [6.07, 6.45) is 7.62. The van der Waals surface area contributed by atoms with Crippen LogP contribution in [-0.4, -0.2) is 24.8 Å². The quantitative estimate of drug-likeness (QED) is 0.573. The molecule has 2 fully saturated rings. The van der Waals surface area contributed by atoms with Crippen LogP contribution in [0.2, 0.25) is 0 Å². The highest BCUT2D eigenvalue weighted by atomic mass is 16.1. The first-order chi connectivity index (χ1) is 6.11. The number of carbonyl (C=O) groups excluding carboxylic acids is 1. The summed E-state index contributed by atoms with van der Waals surface area (Å²) in [5.74, 6) is 0.367. The number of allylic oxidation sites excluding steroid dienone is 1. The molecule has 0 aliphatic heterocycles. The minimum absolute atomic E-state index is 0.367. The molecule has 0 saturated heterocycles. The second kappa shape index (κ2) is 2.86. The van der Waals surface area contributed by atoms with Crippen molar-refractivity contribution in [3.63, 3.8) is 0 Å². The maximum absolute atomic E-state index is 11.6. The van der Waals surface area contributed by atoms with Gasteiger partial charge in [-0.25, -0.2) is 0 Å². The minimum atomic E-state index is 0.367. The lowest BCUT2D eigenvalue weighted by Gasteiger charge is -2.23. The van der Waals surface area contributed by atoms with Crippen molar-refractivity contribution in [1.29, 1.82) is 0 Å². The molecule has 0 atom stereocenters.